The summed E-state index contributed by atoms with van der Waals surface area (Å²) in [6.07, 6.45) is 4.20. The van der Waals surface area contributed by atoms with E-state index in [4.69, 9.17) is 18.9 Å². The van der Waals surface area contributed by atoms with Crippen LogP contribution in [0.3, 0.4) is 0 Å². The molecule has 31 heavy (non-hydrogen) atoms. The summed E-state index contributed by atoms with van der Waals surface area (Å²) < 4.78 is 22.1. The number of rotatable bonds is 5. The maximum absolute atomic E-state index is 13.0. The van der Waals surface area contributed by atoms with Gasteiger partial charge in [0.15, 0.2) is 17.3 Å². The molecule has 1 saturated heterocycles. The molecule has 6 atom stereocenters. The number of benzene rings is 1. The van der Waals surface area contributed by atoms with Crippen molar-refractivity contribution in [3.05, 3.63) is 29.8 Å². The summed E-state index contributed by atoms with van der Waals surface area (Å²) in [4.78, 5) is 25.9. The normalized spacial score (nSPS) is 36.5. The minimum absolute atomic E-state index is 0.119. The molecule has 2 aliphatic carbocycles. The monoisotopic (exact) mass is 430 g/mol. The van der Waals surface area contributed by atoms with Crippen molar-refractivity contribution >= 4 is 11.8 Å². The number of carbonyl (C=O) groups excluding carboxylic acids is 2. The number of hydrogen-bond donors (Lipinski definition) is 1. The lowest BCUT2D eigenvalue weighted by molar-refractivity contribution is -0.166. The Hall–Kier alpha value is -2.54. The van der Waals surface area contributed by atoms with Crippen LogP contribution in [0.4, 0.5) is 0 Å². The molecule has 1 aromatic rings. The fraction of sp³-hybridized carbons (Fsp3) is 0.583. The van der Waals surface area contributed by atoms with Crippen LogP contribution in [0.15, 0.2) is 24.3 Å². The molecule has 1 N–H and O–H groups in total. The van der Waals surface area contributed by atoms with Gasteiger partial charge in [0.25, 0.3) is 0 Å². The molecular weight excluding hydrogens is 400 g/mol. The number of methoxy groups -OCH3 is 3. The number of ketones is 1. The van der Waals surface area contributed by atoms with Gasteiger partial charge < -0.3 is 24.1 Å². The van der Waals surface area contributed by atoms with Gasteiger partial charge in [-0.15, -0.1) is 0 Å². The quantitative estimate of drug-likeness (QED) is 0.718. The van der Waals surface area contributed by atoms with Crippen LogP contribution in [0.25, 0.3) is 0 Å². The Morgan fingerprint density at radius 1 is 1.10 bits per heavy atom. The van der Waals surface area contributed by atoms with Crippen molar-refractivity contribution in [2.24, 2.45) is 23.2 Å². The van der Waals surface area contributed by atoms with Gasteiger partial charge in [0.1, 0.15) is 11.7 Å². The van der Waals surface area contributed by atoms with E-state index in [1.165, 1.54) is 6.08 Å². The summed E-state index contributed by atoms with van der Waals surface area (Å²) in [5.74, 6) is 0.304. The van der Waals surface area contributed by atoms with Gasteiger partial charge in [-0.1, -0.05) is 6.92 Å². The van der Waals surface area contributed by atoms with E-state index in [1.807, 2.05) is 19.1 Å². The molecule has 7 nitrogen and oxygen atoms in total. The maximum Gasteiger partial charge on any atom is 0.310 e. The third-order valence-electron chi connectivity index (χ3n) is 7.72. The van der Waals surface area contributed by atoms with E-state index in [1.54, 1.807) is 34.3 Å². The Morgan fingerprint density at radius 2 is 1.74 bits per heavy atom. The van der Waals surface area contributed by atoms with E-state index in [0.717, 1.165) is 5.56 Å². The smallest absolute Gasteiger partial charge is 0.310 e. The SMILES string of the molecule is COc1cc(C[C@H]2C(=O)O[C@@H]3[C@H]2CC[C@H](C)[C@]2(O)C=CC(=O)[C@@]32C)cc(OC)c1OC. The summed E-state index contributed by atoms with van der Waals surface area (Å²) in [6.45, 7) is 3.70. The van der Waals surface area contributed by atoms with E-state index in [0.29, 0.717) is 36.5 Å². The van der Waals surface area contributed by atoms with E-state index in [-0.39, 0.29) is 23.6 Å². The predicted octanol–water partition coefficient (Wildman–Crippen LogP) is 2.72. The Bertz CT molecular complexity index is 913. The minimum atomic E-state index is -1.31. The fourth-order valence-electron chi connectivity index (χ4n) is 5.78. The molecule has 168 valence electrons. The van der Waals surface area contributed by atoms with E-state index in [9.17, 15) is 14.7 Å². The van der Waals surface area contributed by atoms with Crippen molar-refractivity contribution in [3.8, 4) is 17.2 Å². The first-order valence-electron chi connectivity index (χ1n) is 10.7. The summed E-state index contributed by atoms with van der Waals surface area (Å²) >= 11 is 0. The number of fused-ring (bicyclic) bond motifs is 3. The predicted molar refractivity (Wildman–Crippen MR) is 112 cm³/mol. The lowest BCUT2D eigenvalue weighted by atomic mass is 9.64. The molecular formula is C24H30O7. The summed E-state index contributed by atoms with van der Waals surface area (Å²) in [6, 6.07) is 3.67. The fourth-order valence-corrected chi connectivity index (χ4v) is 5.78. The lowest BCUT2D eigenvalue weighted by Crippen LogP contribution is -2.56. The number of esters is 1. The molecule has 2 fully saturated rings. The van der Waals surface area contributed by atoms with Crippen LogP contribution < -0.4 is 14.2 Å². The van der Waals surface area contributed by atoms with Crippen molar-refractivity contribution in [1.29, 1.82) is 0 Å². The lowest BCUT2D eigenvalue weighted by Gasteiger charge is -2.43. The zero-order chi connectivity index (χ0) is 22.6. The molecule has 0 bridgehead atoms. The highest BCUT2D eigenvalue weighted by atomic mass is 16.6. The summed E-state index contributed by atoms with van der Waals surface area (Å²) in [7, 11) is 4.64. The molecule has 0 amide bonds. The Morgan fingerprint density at radius 3 is 2.32 bits per heavy atom. The zero-order valence-electron chi connectivity index (χ0n) is 18.6. The standard InChI is InChI=1S/C24H30O7/c1-13-6-7-15-16(10-14-11-17(28-3)20(30-5)18(12-14)29-4)22(26)31-21(15)23(2)19(25)8-9-24(13,23)27/h8-9,11-13,15-16,21,27H,6-7,10H2,1-5H3/t13-,15-,16+,21+,23-,24+/m0/s1. The van der Waals surface area contributed by atoms with Gasteiger partial charge in [-0.05, 0) is 62.0 Å². The molecule has 0 radical (unpaired) electrons. The van der Waals surface area contributed by atoms with Crippen LogP contribution in [0, 0.1) is 23.2 Å². The Kier molecular flexibility index (Phi) is 5.28. The average Bonchev–Trinajstić information content (AvgIpc) is 3.18. The molecule has 0 aromatic heterocycles. The second-order valence-corrected chi connectivity index (χ2v) is 9.07. The first kappa shape index (κ1) is 21.7. The first-order chi connectivity index (χ1) is 14.7. The van der Waals surface area contributed by atoms with Crippen molar-refractivity contribution in [3.63, 3.8) is 0 Å². The molecule has 1 aromatic carbocycles. The van der Waals surface area contributed by atoms with Crippen molar-refractivity contribution in [2.45, 2.75) is 44.8 Å². The number of hydrogen-bond acceptors (Lipinski definition) is 7. The van der Waals surface area contributed by atoms with Crippen LogP contribution >= 0.6 is 0 Å². The van der Waals surface area contributed by atoms with Crippen LogP contribution in [-0.4, -0.2) is 49.9 Å². The number of aliphatic hydroxyl groups is 1. The molecule has 0 unspecified atom stereocenters. The van der Waals surface area contributed by atoms with Crippen molar-refractivity contribution in [1.82, 2.24) is 0 Å². The van der Waals surface area contributed by atoms with Gasteiger partial charge >= 0.3 is 5.97 Å². The topological polar surface area (TPSA) is 91.3 Å². The van der Waals surface area contributed by atoms with Crippen LogP contribution in [-0.2, 0) is 20.7 Å². The number of ether oxygens (including phenoxy) is 4. The zero-order valence-corrected chi connectivity index (χ0v) is 18.6. The molecule has 1 aliphatic heterocycles. The second kappa shape index (κ2) is 7.55. The molecule has 0 spiro atoms. The van der Waals surface area contributed by atoms with Gasteiger partial charge in [0.05, 0.1) is 32.7 Å². The summed E-state index contributed by atoms with van der Waals surface area (Å²) in [5.41, 5.74) is -1.64. The highest BCUT2D eigenvalue weighted by Gasteiger charge is 2.67. The third kappa shape index (κ3) is 2.97. The third-order valence-corrected chi connectivity index (χ3v) is 7.72. The van der Waals surface area contributed by atoms with E-state index in [2.05, 4.69) is 0 Å². The average molecular weight is 430 g/mol. The molecule has 3 aliphatic rings. The Balaban J connectivity index is 1.70. The van der Waals surface area contributed by atoms with Gasteiger partial charge in [0.2, 0.25) is 5.75 Å². The van der Waals surface area contributed by atoms with Crippen LogP contribution in [0.1, 0.15) is 32.3 Å². The van der Waals surface area contributed by atoms with Gasteiger partial charge in [-0.3, -0.25) is 9.59 Å². The molecule has 7 heteroatoms. The maximum atomic E-state index is 13.0. The molecule has 4 rings (SSSR count). The number of allylic oxidation sites excluding steroid dienone is 1. The highest BCUT2D eigenvalue weighted by molar-refractivity contribution is 6.00. The van der Waals surface area contributed by atoms with Crippen LogP contribution in [0.2, 0.25) is 0 Å². The summed E-state index contributed by atoms with van der Waals surface area (Å²) in [5, 5.41) is 11.4. The first-order valence-corrected chi connectivity index (χ1v) is 10.7. The van der Waals surface area contributed by atoms with Crippen molar-refractivity contribution in [2.75, 3.05) is 21.3 Å². The van der Waals surface area contributed by atoms with Crippen LogP contribution in [0.5, 0.6) is 17.2 Å². The van der Waals surface area contributed by atoms with Crippen molar-refractivity contribution < 1.29 is 33.6 Å². The largest absolute Gasteiger partial charge is 0.493 e. The molecule has 1 heterocycles. The van der Waals surface area contributed by atoms with Gasteiger partial charge in [-0.25, -0.2) is 0 Å². The Labute approximate surface area is 182 Å². The molecule has 1 saturated carbocycles. The van der Waals surface area contributed by atoms with Gasteiger partial charge in [0, 0.05) is 5.92 Å². The van der Waals surface area contributed by atoms with E-state index < -0.39 is 23.0 Å². The minimum Gasteiger partial charge on any atom is -0.493 e. The highest BCUT2D eigenvalue weighted by Crippen LogP contribution is 2.57. The van der Waals surface area contributed by atoms with Gasteiger partial charge in [-0.2, -0.15) is 0 Å². The second-order valence-electron chi connectivity index (χ2n) is 9.07. The number of carbonyl (C=O) groups is 2. The van der Waals surface area contributed by atoms with E-state index >= 15 is 0 Å².